The van der Waals surface area contributed by atoms with Crippen molar-refractivity contribution in [3.8, 4) is 33.6 Å². The lowest BCUT2D eigenvalue weighted by molar-refractivity contribution is -0.0286. The molecule has 0 unspecified atom stereocenters. The summed E-state index contributed by atoms with van der Waals surface area (Å²) in [5, 5.41) is 13.0. The summed E-state index contributed by atoms with van der Waals surface area (Å²) in [5.41, 5.74) is 12.1. The van der Waals surface area contributed by atoms with Gasteiger partial charge in [0.1, 0.15) is 5.82 Å². The van der Waals surface area contributed by atoms with E-state index < -0.39 is 0 Å². The number of nitrogens with zero attached hydrogens (tertiary/aromatic N) is 5. The minimum absolute atomic E-state index is 0.196. The first-order valence-corrected chi connectivity index (χ1v) is 11.5. The van der Waals surface area contributed by atoms with Crippen LogP contribution < -0.4 is 11.3 Å². The molecule has 0 saturated carbocycles. The van der Waals surface area contributed by atoms with Gasteiger partial charge in [-0.25, -0.2) is 4.98 Å². The van der Waals surface area contributed by atoms with Crippen molar-refractivity contribution in [2.75, 3.05) is 18.9 Å². The minimum Gasteiger partial charge on any atom is -0.398 e. The van der Waals surface area contributed by atoms with Gasteiger partial charge in [0.15, 0.2) is 0 Å². The van der Waals surface area contributed by atoms with Crippen LogP contribution in [-0.2, 0) is 4.74 Å². The number of hydrogen-bond donors (Lipinski definition) is 3. The van der Waals surface area contributed by atoms with Gasteiger partial charge in [-0.2, -0.15) is 10.2 Å². The van der Waals surface area contributed by atoms with Gasteiger partial charge in [-0.3, -0.25) is 19.6 Å². The molecule has 2 aromatic carbocycles. The molecule has 36 heavy (non-hydrogen) atoms. The molecule has 7 rings (SSSR count). The van der Waals surface area contributed by atoms with Gasteiger partial charge in [-0.15, -0.1) is 0 Å². The molecule has 176 valence electrons. The number of hydrogen-bond acceptors (Lipinski definition) is 7. The number of nitrogens with two attached hydrogens (primary N) is 1. The summed E-state index contributed by atoms with van der Waals surface area (Å²) < 4.78 is 7.23. The third-order valence-corrected chi connectivity index (χ3v) is 6.66. The topological polar surface area (TPSA) is 140 Å². The van der Waals surface area contributed by atoms with Crippen molar-refractivity contribution in [3.63, 3.8) is 0 Å². The van der Waals surface area contributed by atoms with Crippen LogP contribution in [0.25, 0.3) is 55.4 Å². The molecule has 6 aromatic rings. The van der Waals surface area contributed by atoms with E-state index in [1.807, 2.05) is 35.1 Å². The molecule has 1 aliphatic heterocycles. The number of anilines is 1. The quantitative estimate of drug-likeness (QED) is 0.331. The number of H-pyrrole nitrogens is 2. The smallest absolute Gasteiger partial charge is 0.261 e. The first kappa shape index (κ1) is 20.5. The molecule has 1 fully saturated rings. The van der Waals surface area contributed by atoms with E-state index >= 15 is 0 Å². The molecule has 10 nitrogen and oxygen atoms in total. The molecular formula is C26H20N8O2. The van der Waals surface area contributed by atoms with E-state index in [0.717, 1.165) is 38.7 Å². The summed E-state index contributed by atoms with van der Waals surface area (Å²) in [6.45, 7) is 1.25. The zero-order chi connectivity index (χ0) is 24.2. The maximum Gasteiger partial charge on any atom is 0.261 e. The number of pyridine rings is 1. The predicted octanol–water partition coefficient (Wildman–Crippen LogP) is 3.55. The highest BCUT2D eigenvalue weighted by Crippen LogP contribution is 2.40. The summed E-state index contributed by atoms with van der Waals surface area (Å²) in [6, 6.07) is 11.6. The molecule has 0 amide bonds. The van der Waals surface area contributed by atoms with Crippen LogP contribution in [0.15, 0.2) is 72.2 Å². The van der Waals surface area contributed by atoms with Crippen LogP contribution in [0.3, 0.4) is 0 Å². The summed E-state index contributed by atoms with van der Waals surface area (Å²) in [6.07, 6.45) is 8.84. The maximum absolute atomic E-state index is 13.5. The highest BCUT2D eigenvalue weighted by Gasteiger charge is 2.24. The van der Waals surface area contributed by atoms with Crippen molar-refractivity contribution in [3.05, 3.63) is 77.7 Å². The Morgan fingerprint density at radius 1 is 1.03 bits per heavy atom. The Kier molecular flexibility index (Phi) is 4.48. The molecule has 0 aliphatic carbocycles. The van der Waals surface area contributed by atoms with Crippen LogP contribution in [0.5, 0.6) is 0 Å². The molecule has 0 spiro atoms. The molecule has 4 N–H and O–H groups in total. The molecule has 5 heterocycles. The van der Waals surface area contributed by atoms with Crippen molar-refractivity contribution in [2.45, 2.75) is 6.04 Å². The van der Waals surface area contributed by atoms with Crippen molar-refractivity contribution in [1.29, 1.82) is 0 Å². The van der Waals surface area contributed by atoms with Crippen LogP contribution in [-0.4, -0.2) is 48.1 Å². The fourth-order valence-electron chi connectivity index (χ4n) is 4.69. The first-order valence-electron chi connectivity index (χ1n) is 11.5. The number of aromatic nitrogens is 7. The average molecular weight is 477 g/mol. The Morgan fingerprint density at radius 3 is 2.69 bits per heavy atom. The number of nitrogen functional groups attached to an aromatic ring is 1. The maximum atomic E-state index is 13.5. The summed E-state index contributed by atoms with van der Waals surface area (Å²) in [4.78, 5) is 25.3. The average Bonchev–Trinajstić information content (AvgIpc) is 3.54. The number of aromatic amines is 2. The summed E-state index contributed by atoms with van der Waals surface area (Å²) in [7, 11) is 0. The fraction of sp³-hybridized carbons (Fsp3) is 0.115. The molecule has 4 aromatic heterocycles. The Labute approximate surface area is 203 Å². The van der Waals surface area contributed by atoms with E-state index in [4.69, 9.17) is 15.5 Å². The van der Waals surface area contributed by atoms with Crippen molar-refractivity contribution >= 4 is 27.5 Å². The van der Waals surface area contributed by atoms with Gasteiger partial charge in [0.25, 0.3) is 5.56 Å². The molecule has 1 saturated heterocycles. The Hall–Kier alpha value is -4.83. The number of fused-ring (bicyclic) bond motifs is 2. The van der Waals surface area contributed by atoms with Crippen molar-refractivity contribution < 1.29 is 4.74 Å². The van der Waals surface area contributed by atoms with Crippen molar-refractivity contribution in [1.82, 2.24) is 34.9 Å². The van der Waals surface area contributed by atoms with Gasteiger partial charge in [-0.05, 0) is 29.8 Å². The molecular weight excluding hydrogens is 456 g/mol. The molecule has 10 heteroatoms. The van der Waals surface area contributed by atoms with Gasteiger partial charge in [0.05, 0.1) is 53.8 Å². The zero-order valence-corrected chi connectivity index (χ0v) is 19.0. The Bertz CT molecular complexity index is 1820. The van der Waals surface area contributed by atoms with Gasteiger partial charge in [0.2, 0.25) is 0 Å². The number of rotatable bonds is 4. The van der Waals surface area contributed by atoms with Gasteiger partial charge >= 0.3 is 0 Å². The minimum atomic E-state index is -0.313. The van der Waals surface area contributed by atoms with Crippen LogP contribution >= 0.6 is 0 Å². The number of ether oxygens (including phenoxy) is 1. The highest BCUT2D eigenvalue weighted by atomic mass is 16.5. The predicted molar refractivity (Wildman–Crippen MR) is 136 cm³/mol. The summed E-state index contributed by atoms with van der Waals surface area (Å²) in [5.74, 6) is 0.444. The SMILES string of the molecule is Nc1c(-c2cccc3[nH]ncc23)cc(-c2cnn(C3COC3)c2)c2nc(-c3ccncc3)[nH]c(=O)c12. The van der Waals surface area contributed by atoms with Crippen LogP contribution in [0.2, 0.25) is 0 Å². The largest absolute Gasteiger partial charge is 0.398 e. The third-order valence-electron chi connectivity index (χ3n) is 6.66. The fourth-order valence-corrected chi connectivity index (χ4v) is 4.69. The van der Waals surface area contributed by atoms with Crippen LogP contribution in [0.1, 0.15) is 6.04 Å². The summed E-state index contributed by atoms with van der Waals surface area (Å²) >= 11 is 0. The van der Waals surface area contributed by atoms with E-state index in [1.165, 1.54) is 0 Å². The second-order valence-corrected chi connectivity index (χ2v) is 8.80. The zero-order valence-electron chi connectivity index (χ0n) is 19.0. The monoisotopic (exact) mass is 476 g/mol. The number of nitrogens with one attached hydrogen (secondary N) is 2. The lowest BCUT2D eigenvalue weighted by Crippen LogP contribution is -2.30. The van der Waals surface area contributed by atoms with E-state index in [0.29, 0.717) is 35.6 Å². The van der Waals surface area contributed by atoms with Crippen molar-refractivity contribution in [2.24, 2.45) is 0 Å². The normalized spacial score (nSPS) is 13.9. The van der Waals surface area contributed by atoms with Crippen LogP contribution in [0, 0.1) is 0 Å². The Balaban J connectivity index is 1.54. The van der Waals surface area contributed by atoms with Gasteiger partial charge in [0, 0.05) is 46.2 Å². The second-order valence-electron chi connectivity index (χ2n) is 8.80. The second kappa shape index (κ2) is 7.85. The van der Waals surface area contributed by atoms with E-state index in [1.54, 1.807) is 36.9 Å². The van der Waals surface area contributed by atoms with Gasteiger partial charge in [-0.1, -0.05) is 12.1 Å². The van der Waals surface area contributed by atoms with E-state index in [9.17, 15) is 4.79 Å². The molecule has 0 radical (unpaired) electrons. The third kappa shape index (κ3) is 3.12. The van der Waals surface area contributed by atoms with E-state index in [2.05, 4.69) is 25.3 Å². The number of benzene rings is 2. The molecule has 1 aliphatic rings. The lowest BCUT2D eigenvalue weighted by atomic mass is 9.93. The first-order chi connectivity index (χ1) is 17.7. The Morgan fingerprint density at radius 2 is 1.89 bits per heavy atom. The molecule has 0 atom stereocenters. The standard InChI is InChI=1S/C26H20N8O2/c27-23-19(17-2-1-3-21-20(17)10-29-33-21)8-18(15-9-30-34(11-15)16-12-36-13-16)24-22(23)26(35)32-25(31-24)14-4-6-28-7-5-14/h1-11,16H,12-13,27H2,(H,29,33)(H,31,32,35). The van der Waals surface area contributed by atoms with Gasteiger partial charge < -0.3 is 15.5 Å². The molecule has 0 bridgehead atoms. The highest BCUT2D eigenvalue weighted by molar-refractivity contribution is 6.09. The lowest BCUT2D eigenvalue weighted by Gasteiger charge is -2.25. The van der Waals surface area contributed by atoms with Crippen LogP contribution in [0.4, 0.5) is 5.69 Å². The van der Waals surface area contributed by atoms with E-state index in [-0.39, 0.29) is 11.6 Å².